The maximum Gasteiger partial charge on any atom is 0.163 e. The lowest BCUT2D eigenvalue weighted by atomic mass is 9.89. The van der Waals surface area contributed by atoms with Gasteiger partial charge in [-0.2, -0.15) is 5.26 Å². The van der Waals surface area contributed by atoms with Crippen LogP contribution in [0.3, 0.4) is 0 Å². The second kappa shape index (κ2) is 5.86. The van der Waals surface area contributed by atoms with E-state index in [0.717, 1.165) is 30.6 Å². The summed E-state index contributed by atoms with van der Waals surface area (Å²) in [4.78, 5) is 6.48. The van der Waals surface area contributed by atoms with Gasteiger partial charge in [-0.3, -0.25) is 0 Å². The number of nitriles is 1. The lowest BCUT2D eigenvalue weighted by Crippen LogP contribution is -2.25. The van der Waals surface area contributed by atoms with Crippen LogP contribution in [0, 0.1) is 23.2 Å². The minimum atomic E-state index is 0.556. The Labute approximate surface area is 109 Å². The molecule has 96 valence electrons. The van der Waals surface area contributed by atoms with E-state index in [2.05, 4.69) is 29.8 Å². The van der Waals surface area contributed by atoms with Gasteiger partial charge < -0.3 is 4.90 Å². The highest BCUT2D eigenvalue weighted by atomic mass is 15.1. The van der Waals surface area contributed by atoms with E-state index in [0.29, 0.717) is 5.69 Å². The second-order valence-electron chi connectivity index (χ2n) is 5.40. The fourth-order valence-electron chi connectivity index (χ4n) is 2.77. The first kappa shape index (κ1) is 12.9. The third-order valence-electron chi connectivity index (χ3n) is 3.95. The lowest BCUT2D eigenvalue weighted by Gasteiger charge is -2.23. The van der Waals surface area contributed by atoms with Crippen LogP contribution in [0.1, 0.15) is 38.8 Å². The highest BCUT2D eigenvalue weighted by Crippen LogP contribution is 2.28. The SMILES string of the molecule is CC(C)C1CCCN(c2cccnc2C#N)CC1. The van der Waals surface area contributed by atoms with Crippen molar-refractivity contribution >= 4 is 5.69 Å². The molecular formula is C15H21N3. The Kier molecular flexibility index (Phi) is 4.19. The summed E-state index contributed by atoms with van der Waals surface area (Å²) in [5.74, 6) is 1.58. The number of hydrogen-bond donors (Lipinski definition) is 0. The highest BCUT2D eigenvalue weighted by molar-refractivity contribution is 5.55. The molecule has 1 aliphatic rings. The molecule has 1 atom stereocenters. The van der Waals surface area contributed by atoms with Crippen molar-refractivity contribution in [3.8, 4) is 6.07 Å². The molecule has 3 nitrogen and oxygen atoms in total. The van der Waals surface area contributed by atoms with E-state index in [-0.39, 0.29) is 0 Å². The molecule has 1 fully saturated rings. The molecule has 18 heavy (non-hydrogen) atoms. The molecule has 0 radical (unpaired) electrons. The summed E-state index contributed by atoms with van der Waals surface area (Å²) in [5, 5.41) is 9.12. The molecule has 0 amide bonds. The Morgan fingerprint density at radius 2 is 2.22 bits per heavy atom. The van der Waals surface area contributed by atoms with Gasteiger partial charge >= 0.3 is 0 Å². The van der Waals surface area contributed by atoms with Crippen molar-refractivity contribution in [1.29, 1.82) is 5.26 Å². The van der Waals surface area contributed by atoms with Crippen LogP contribution < -0.4 is 4.90 Å². The Morgan fingerprint density at radius 3 is 2.94 bits per heavy atom. The number of nitrogens with zero attached hydrogens (tertiary/aromatic N) is 3. The molecule has 0 aliphatic carbocycles. The molecular weight excluding hydrogens is 222 g/mol. The van der Waals surface area contributed by atoms with Crippen LogP contribution in [0.4, 0.5) is 5.69 Å². The summed E-state index contributed by atoms with van der Waals surface area (Å²) in [6, 6.07) is 6.13. The summed E-state index contributed by atoms with van der Waals surface area (Å²) in [7, 11) is 0. The topological polar surface area (TPSA) is 39.9 Å². The van der Waals surface area contributed by atoms with Gasteiger partial charge in [0.2, 0.25) is 0 Å². The summed E-state index contributed by atoms with van der Waals surface area (Å²) in [6.07, 6.45) is 5.42. The van der Waals surface area contributed by atoms with Crippen molar-refractivity contribution in [2.75, 3.05) is 18.0 Å². The van der Waals surface area contributed by atoms with Crippen LogP contribution in [0.25, 0.3) is 0 Å². The van der Waals surface area contributed by atoms with E-state index in [4.69, 9.17) is 5.26 Å². The second-order valence-corrected chi connectivity index (χ2v) is 5.40. The van der Waals surface area contributed by atoms with Crippen molar-refractivity contribution in [3.05, 3.63) is 24.0 Å². The summed E-state index contributed by atoms with van der Waals surface area (Å²) in [5.41, 5.74) is 1.56. The molecule has 0 N–H and O–H groups in total. The fraction of sp³-hybridized carbons (Fsp3) is 0.600. The van der Waals surface area contributed by atoms with Crippen molar-refractivity contribution in [1.82, 2.24) is 4.98 Å². The maximum atomic E-state index is 9.12. The molecule has 1 saturated heterocycles. The Hall–Kier alpha value is -1.56. The quantitative estimate of drug-likeness (QED) is 0.800. The Bertz CT molecular complexity index is 434. The summed E-state index contributed by atoms with van der Waals surface area (Å²) >= 11 is 0. The van der Waals surface area contributed by atoms with E-state index in [1.54, 1.807) is 6.20 Å². The van der Waals surface area contributed by atoms with E-state index >= 15 is 0 Å². The molecule has 1 aromatic rings. The van der Waals surface area contributed by atoms with Gasteiger partial charge in [0, 0.05) is 19.3 Å². The first-order valence-electron chi connectivity index (χ1n) is 6.82. The minimum absolute atomic E-state index is 0.556. The molecule has 2 rings (SSSR count). The summed E-state index contributed by atoms with van der Waals surface area (Å²) < 4.78 is 0. The van der Waals surface area contributed by atoms with Crippen LogP contribution in [0.2, 0.25) is 0 Å². The third kappa shape index (κ3) is 2.81. The van der Waals surface area contributed by atoms with Gasteiger partial charge in [0.25, 0.3) is 0 Å². The smallest absolute Gasteiger partial charge is 0.163 e. The standard InChI is InChI=1S/C15H21N3/c1-12(2)13-5-4-9-18(10-7-13)15-6-3-8-17-14(15)11-16/h3,6,8,12-13H,4-5,7,9-10H2,1-2H3. The van der Waals surface area contributed by atoms with E-state index in [1.165, 1.54) is 19.3 Å². The zero-order chi connectivity index (χ0) is 13.0. The van der Waals surface area contributed by atoms with E-state index < -0.39 is 0 Å². The van der Waals surface area contributed by atoms with Crippen LogP contribution in [0.5, 0.6) is 0 Å². The van der Waals surface area contributed by atoms with Gasteiger partial charge in [-0.05, 0) is 43.2 Å². The van der Waals surface area contributed by atoms with Crippen LogP contribution in [-0.2, 0) is 0 Å². The predicted octanol–water partition coefficient (Wildman–Crippen LogP) is 3.22. The average molecular weight is 243 g/mol. The normalized spacial score (nSPS) is 20.6. The molecule has 1 aromatic heterocycles. The van der Waals surface area contributed by atoms with E-state index in [1.807, 2.05) is 12.1 Å². The summed E-state index contributed by atoms with van der Waals surface area (Å²) in [6.45, 7) is 6.71. The van der Waals surface area contributed by atoms with Gasteiger partial charge in [-0.25, -0.2) is 4.98 Å². The molecule has 2 heterocycles. The van der Waals surface area contributed by atoms with Crippen molar-refractivity contribution < 1.29 is 0 Å². The first-order valence-corrected chi connectivity index (χ1v) is 6.82. The minimum Gasteiger partial charge on any atom is -0.369 e. The molecule has 0 spiro atoms. The zero-order valence-electron chi connectivity index (χ0n) is 11.3. The maximum absolute atomic E-state index is 9.12. The number of aromatic nitrogens is 1. The fourth-order valence-corrected chi connectivity index (χ4v) is 2.77. The molecule has 0 aromatic carbocycles. The Balaban J connectivity index is 2.13. The van der Waals surface area contributed by atoms with Gasteiger partial charge in [-0.15, -0.1) is 0 Å². The van der Waals surface area contributed by atoms with Gasteiger partial charge in [0.05, 0.1) is 5.69 Å². The van der Waals surface area contributed by atoms with Gasteiger partial charge in [0.15, 0.2) is 5.69 Å². The molecule has 1 unspecified atom stereocenters. The zero-order valence-corrected chi connectivity index (χ0v) is 11.3. The number of hydrogen-bond acceptors (Lipinski definition) is 3. The van der Waals surface area contributed by atoms with Crippen LogP contribution >= 0.6 is 0 Å². The van der Waals surface area contributed by atoms with E-state index in [9.17, 15) is 0 Å². The van der Waals surface area contributed by atoms with Gasteiger partial charge in [0.1, 0.15) is 6.07 Å². The Morgan fingerprint density at radius 1 is 1.39 bits per heavy atom. The number of rotatable bonds is 2. The monoisotopic (exact) mass is 243 g/mol. The number of pyridine rings is 1. The lowest BCUT2D eigenvalue weighted by molar-refractivity contribution is 0.351. The molecule has 0 bridgehead atoms. The van der Waals surface area contributed by atoms with Crippen LogP contribution in [-0.4, -0.2) is 18.1 Å². The van der Waals surface area contributed by atoms with Gasteiger partial charge in [-0.1, -0.05) is 13.8 Å². The third-order valence-corrected chi connectivity index (χ3v) is 3.95. The molecule has 1 aliphatic heterocycles. The molecule has 3 heteroatoms. The van der Waals surface area contributed by atoms with Crippen molar-refractivity contribution in [2.24, 2.45) is 11.8 Å². The van der Waals surface area contributed by atoms with Crippen molar-refractivity contribution in [3.63, 3.8) is 0 Å². The number of anilines is 1. The molecule has 0 saturated carbocycles. The average Bonchev–Trinajstić information content (AvgIpc) is 2.64. The largest absolute Gasteiger partial charge is 0.369 e. The predicted molar refractivity (Wildman–Crippen MR) is 73.3 cm³/mol. The highest BCUT2D eigenvalue weighted by Gasteiger charge is 2.21. The van der Waals surface area contributed by atoms with Crippen molar-refractivity contribution in [2.45, 2.75) is 33.1 Å². The first-order chi connectivity index (χ1) is 8.72. The van der Waals surface area contributed by atoms with Crippen LogP contribution in [0.15, 0.2) is 18.3 Å².